The summed E-state index contributed by atoms with van der Waals surface area (Å²) >= 11 is 0. The Kier molecular flexibility index (Phi) is 4.98. The molecule has 1 aromatic rings. The number of rotatable bonds is 6. The number of hydrogen-bond donors (Lipinski definition) is 1. The Balaban J connectivity index is 2.25. The maximum atomic E-state index is 5.56. The van der Waals surface area contributed by atoms with Crippen molar-refractivity contribution in [3.63, 3.8) is 0 Å². The topological polar surface area (TPSA) is 63.2 Å². The third-order valence-electron chi connectivity index (χ3n) is 3.59. The van der Waals surface area contributed by atoms with E-state index in [1.807, 2.05) is 7.05 Å². The minimum atomic E-state index is 0.413. The molecule has 0 bridgehead atoms. The average Bonchev–Trinajstić information content (AvgIpc) is 2.94. The highest BCUT2D eigenvalue weighted by Crippen LogP contribution is 2.28. The first-order chi connectivity index (χ1) is 9.65. The minimum absolute atomic E-state index is 0.413. The molecule has 6 nitrogen and oxygen atoms in total. The molecule has 1 unspecified atom stereocenters. The summed E-state index contributed by atoms with van der Waals surface area (Å²) in [5.74, 6) is 1.88. The maximum absolute atomic E-state index is 5.56. The largest absolute Gasteiger partial charge is 0.463 e. The lowest BCUT2D eigenvalue weighted by Crippen LogP contribution is -2.35. The Morgan fingerprint density at radius 3 is 2.80 bits per heavy atom. The summed E-state index contributed by atoms with van der Waals surface area (Å²) in [6, 6.07) is 0.914. The van der Waals surface area contributed by atoms with Crippen molar-refractivity contribution in [1.82, 2.24) is 15.0 Å². The highest BCUT2D eigenvalue weighted by atomic mass is 16.5. The van der Waals surface area contributed by atoms with Gasteiger partial charge in [-0.25, -0.2) is 0 Å². The van der Waals surface area contributed by atoms with Gasteiger partial charge in [0.05, 0.1) is 6.61 Å². The molecule has 1 atom stereocenters. The summed E-state index contributed by atoms with van der Waals surface area (Å²) < 4.78 is 5.56. The summed E-state index contributed by atoms with van der Waals surface area (Å²) in [4.78, 5) is 15.5. The number of nitrogens with one attached hydrogen (secondary N) is 1. The summed E-state index contributed by atoms with van der Waals surface area (Å²) in [6.07, 6.45) is 3.33. The van der Waals surface area contributed by atoms with Crippen molar-refractivity contribution >= 4 is 11.9 Å². The Morgan fingerprint density at radius 2 is 2.15 bits per heavy atom. The van der Waals surface area contributed by atoms with Crippen molar-refractivity contribution in [3.8, 4) is 6.01 Å². The van der Waals surface area contributed by atoms with E-state index in [1.165, 1.54) is 12.8 Å². The van der Waals surface area contributed by atoms with Crippen molar-refractivity contribution in [3.05, 3.63) is 0 Å². The monoisotopic (exact) mass is 279 g/mol. The van der Waals surface area contributed by atoms with Gasteiger partial charge in [-0.3, -0.25) is 0 Å². The Hall–Kier alpha value is -1.59. The van der Waals surface area contributed by atoms with E-state index in [-0.39, 0.29) is 0 Å². The van der Waals surface area contributed by atoms with Crippen molar-refractivity contribution in [1.29, 1.82) is 0 Å². The molecular weight excluding hydrogens is 254 g/mol. The van der Waals surface area contributed by atoms with Gasteiger partial charge in [0.2, 0.25) is 11.9 Å². The molecule has 0 aromatic carbocycles. The van der Waals surface area contributed by atoms with Crippen LogP contribution in [-0.2, 0) is 0 Å². The van der Waals surface area contributed by atoms with Crippen LogP contribution in [0.25, 0.3) is 0 Å². The summed E-state index contributed by atoms with van der Waals surface area (Å²) in [5.41, 5.74) is 0. The van der Waals surface area contributed by atoms with Crippen LogP contribution in [0.3, 0.4) is 0 Å². The zero-order chi connectivity index (χ0) is 14.5. The van der Waals surface area contributed by atoms with Crippen molar-refractivity contribution < 1.29 is 4.74 Å². The number of ether oxygens (including phenoxy) is 1. The van der Waals surface area contributed by atoms with Crippen LogP contribution in [0.4, 0.5) is 11.9 Å². The van der Waals surface area contributed by atoms with Gasteiger partial charge in [-0.05, 0) is 25.2 Å². The normalized spacial score (nSPS) is 18.6. The number of aromatic nitrogens is 3. The van der Waals surface area contributed by atoms with Crippen LogP contribution in [0.2, 0.25) is 0 Å². The fraction of sp³-hybridized carbons (Fsp3) is 0.786. The quantitative estimate of drug-likeness (QED) is 0.862. The second-order valence-electron chi connectivity index (χ2n) is 5.49. The first kappa shape index (κ1) is 14.8. The molecule has 1 saturated heterocycles. The van der Waals surface area contributed by atoms with Gasteiger partial charge >= 0.3 is 6.01 Å². The smallest absolute Gasteiger partial charge is 0.323 e. The Morgan fingerprint density at radius 1 is 1.35 bits per heavy atom. The molecule has 6 heteroatoms. The summed E-state index contributed by atoms with van der Waals surface area (Å²) in [6.45, 7) is 8.19. The minimum Gasteiger partial charge on any atom is -0.463 e. The van der Waals surface area contributed by atoms with Crippen LogP contribution in [0.5, 0.6) is 6.01 Å². The third kappa shape index (κ3) is 3.29. The molecule has 2 heterocycles. The molecule has 0 aliphatic carbocycles. The molecule has 1 aliphatic rings. The van der Waals surface area contributed by atoms with Gasteiger partial charge in [-0.1, -0.05) is 20.8 Å². The van der Waals surface area contributed by atoms with E-state index in [9.17, 15) is 0 Å². The van der Waals surface area contributed by atoms with Crippen LogP contribution >= 0.6 is 0 Å². The van der Waals surface area contributed by atoms with Gasteiger partial charge in [0, 0.05) is 19.6 Å². The first-order valence-electron chi connectivity index (χ1n) is 7.49. The van der Waals surface area contributed by atoms with Crippen LogP contribution in [-0.4, -0.2) is 41.2 Å². The zero-order valence-electron chi connectivity index (χ0n) is 12.9. The predicted octanol–water partition coefficient (Wildman–Crippen LogP) is 2.33. The zero-order valence-corrected chi connectivity index (χ0v) is 12.9. The molecular formula is C14H25N5O. The second kappa shape index (κ2) is 6.72. The molecule has 20 heavy (non-hydrogen) atoms. The van der Waals surface area contributed by atoms with E-state index in [0.717, 1.165) is 18.9 Å². The molecule has 1 aromatic heterocycles. The predicted molar refractivity (Wildman–Crippen MR) is 80.4 cm³/mol. The lowest BCUT2D eigenvalue weighted by Gasteiger charge is -2.27. The van der Waals surface area contributed by atoms with E-state index < -0.39 is 0 Å². The highest BCUT2D eigenvalue weighted by Gasteiger charge is 2.29. The van der Waals surface area contributed by atoms with E-state index in [0.29, 0.717) is 30.5 Å². The van der Waals surface area contributed by atoms with E-state index in [1.54, 1.807) is 0 Å². The number of nitrogens with zero attached hydrogens (tertiary/aromatic N) is 4. The first-order valence-corrected chi connectivity index (χ1v) is 7.49. The van der Waals surface area contributed by atoms with Gasteiger partial charge in [-0.2, -0.15) is 15.0 Å². The maximum Gasteiger partial charge on any atom is 0.323 e. The van der Waals surface area contributed by atoms with Gasteiger partial charge in [0.25, 0.3) is 0 Å². The second-order valence-corrected chi connectivity index (χ2v) is 5.49. The fourth-order valence-corrected chi connectivity index (χ4v) is 2.58. The van der Waals surface area contributed by atoms with Crippen LogP contribution in [0.1, 0.15) is 40.0 Å². The van der Waals surface area contributed by atoms with Gasteiger partial charge in [0.15, 0.2) is 0 Å². The number of anilines is 2. The molecule has 0 saturated carbocycles. The molecule has 1 N–H and O–H groups in total. The number of hydrogen-bond acceptors (Lipinski definition) is 6. The summed E-state index contributed by atoms with van der Waals surface area (Å²) in [7, 11) is 1.81. The molecule has 112 valence electrons. The van der Waals surface area contributed by atoms with Crippen LogP contribution < -0.4 is 15.0 Å². The molecule has 2 rings (SSSR count). The van der Waals surface area contributed by atoms with E-state index in [4.69, 9.17) is 4.74 Å². The van der Waals surface area contributed by atoms with Gasteiger partial charge in [0.1, 0.15) is 0 Å². The Labute approximate surface area is 121 Å². The van der Waals surface area contributed by atoms with Crippen molar-refractivity contribution in [2.24, 2.45) is 5.92 Å². The van der Waals surface area contributed by atoms with Crippen molar-refractivity contribution in [2.75, 3.05) is 30.4 Å². The fourth-order valence-electron chi connectivity index (χ4n) is 2.58. The standard InChI is InChI=1S/C14H25N5O/c1-5-9-20-14-17-12(15-4)16-13(18-14)19-8-6-7-11(19)10(2)3/h10-11H,5-9H2,1-4H3,(H,15,16,17,18). The van der Waals surface area contributed by atoms with Crippen LogP contribution in [0.15, 0.2) is 0 Å². The molecule has 0 radical (unpaired) electrons. The van der Waals surface area contributed by atoms with Crippen LogP contribution in [0, 0.1) is 5.92 Å². The highest BCUT2D eigenvalue weighted by molar-refractivity contribution is 5.40. The molecule has 0 amide bonds. The average molecular weight is 279 g/mol. The van der Waals surface area contributed by atoms with Gasteiger partial charge in [-0.15, -0.1) is 0 Å². The van der Waals surface area contributed by atoms with E-state index >= 15 is 0 Å². The van der Waals surface area contributed by atoms with E-state index in [2.05, 4.69) is 45.9 Å². The molecule has 1 aliphatic heterocycles. The third-order valence-corrected chi connectivity index (χ3v) is 3.59. The molecule has 1 fully saturated rings. The Bertz CT molecular complexity index is 438. The molecule has 0 spiro atoms. The lowest BCUT2D eigenvalue weighted by molar-refractivity contribution is 0.291. The van der Waals surface area contributed by atoms with Gasteiger partial charge < -0.3 is 15.0 Å². The lowest BCUT2D eigenvalue weighted by atomic mass is 10.0. The SMILES string of the molecule is CCCOc1nc(NC)nc(N2CCCC2C(C)C)n1. The summed E-state index contributed by atoms with van der Waals surface area (Å²) in [5, 5.41) is 2.98. The van der Waals surface area contributed by atoms with Crippen molar-refractivity contribution in [2.45, 2.75) is 46.1 Å².